The van der Waals surface area contributed by atoms with Crippen LogP contribution in [0.3, 0.4) is 0 Å². The Morgan fingerprint density at radius 3 is 2.61 bits per heavy atom. The highest BCUT2D eigenvalue weighted by Crippen LogP contribution is 2.35. The minimum atomic E-state index is -3.58. The number of piperidine rings is 1. The van der Waals surface area contributed by atoms with E-state index in [-0.39, 0.29) is 16.7 Å². The van der Waals surface area contributed by atoms with Crippen LogP contribution in [0, 0.1) is 11.8 Å². The SMILES string of the molecule is CC1CSc2ccc(S(=O)(=O)N3CCC(CN4CCc5ccccc5C4)CC3)cc2NC1=O. The third-order valence-corrected chi connectivity index (χ3v) is 10.3. The highest BCUT2D eigenvalue weighted by Gasteiger charge is 2.31. The van der Waals surface area contributed by atoms with Crippen molar-refractivity contribution in [2.75, 3.05) is 37.2 Å². The molecule has 1 saturated heterocycles. The van der Waals surface area contributed by atoms with Crippen LogP contribution < -0.4 is 5.32 Å². The van der Waals surface area contributed by atoms with Crippen LogP contribution in [0.1, 0.15) is 30.9 Å². The van der Waals surface area contributed by atoms with Crippen LogP contribution in [0.5, 0.6) is 0 Å². The first-order valence-corrected chi connectivity index (χ1v) is 14.2. The molecule has 0 spiro atoms. The second-order valence-electron chi connectivity index (χ2n) is 9.46. The van der Waals surface area contributed by atoms with E-state index < -0.39 is 10.0 Å². The highest BCUT2D eigenvalue weighted by molar-refractivity contribution is 7.99. The molecule has 3 aliphatic heterocycles. The van der Waals surface area contributed by atoms with E-state index in [1.54, 1.807) is 28.2 Å². The number of carbonyl (C=O) groups excluding carboxylic acids is 1. The minimum absolute atomic E-state index is 0.0584. The molecule has 33 heavy (non-hydrogen) atoms. The number of nitrogens with zero attached hydrogens (tertiary/aromatic N) is 2. The monoisotopic (exact) mass is 485 g/mol. The Balaban J connectivity index is 1.21. The molecule has 3 heterocycles. The van der Waals surface area contributed by atoms with E-state index in [4.69, 9.17) is 0 Å². The zero-order valence-electron chi connectivity index (χ0n) is 19.0. The van der Waals surface area contributed by atoms with Crippen molar-refractivity contribution in [2.24, 2.45) is 11.8 Å². The largest absolute Gasteiger partial charge is 0.325 e. The lowest BCUT2D eigenvalue weighted by Crippen LogP contribution is -2.42. The molecular weight excluding hydrogens is 454 g/mol. The molecule has 0 saturated carbocycles. The molecule has 3 aliphatic rings. The van der Waals surface area contributed by atoms with Gasteiger partial charge >= 0.3 is 0 Å². The van der Waals surface area contributed by atoms with Gasteiger partial charge in [-0.25, -0.2) is 8.42 Å². The number of hydrogen-bond donors (Lipinski definition) is 1. The number of nitrogens with one attached hydrogen (secondary N) is 1. The predicted octanol–water partition coefficient (Wildman–Crippen LogP) is 3.83. The first-order valence-electron chi connectivity index (χ1n) is 11.8. The Labute approximate surface area is 200 Å². The molecule has 6 nitrogen and oxygen atoms in total. The van der Waals surface area contributed by atoms with Gasteiger partial charge in [-0.2, -0.15) is 4.31 Å². The molecular formula is C25H31N3O3S2. The average Bonchev–Trinajstić information content (AvgIpc) is 2.97. The van der Waals surface area contributed by atoms with Gasteiger partial charge in [0.15, 0.2) is 0 Å². The van der Waals surface area contributed by atoms with E-state index in [1.807, 2.05) is 13.0 Å². The molecule has 2 aromatic rings. The van der Waals surface area contributed by atoms with Gasteiger partial charge in [0.1, 0.15) is 0 Å². The molecule has 176 valence electrons. The molecule has 1 atom stereocenters. The fraction of sp³-hybridized carbons (Fsp3) is 0.480. The molecule has 1 fully saturated rings. The highest BCUT2D eigenvalue weighted by atomic mass is 32.2. The molecule has 0 aromatic heterocycles. The van der Waals surface area contributed by atoms with Gasteiger partial charge in [-0.05, 0) is 54.5 Å². The van der Waals surface area contributed by atoms with Gasteiger partial charge in [0.25, 0.3) is 0 Å². The van der Waals surface area contributed by atoms with E-state index >= 15 is 0 Å². The lowest BCUT2D eigenvalue weighted by Gasteiger charge is -2.36. The number of sulfonamides is 1. The van der Waals surface area contributed by atoms with Gasteiger partial charge in [-0.1, -0.05) is 31.2 Å². The molecule has 0 radical (unpaired) electrons. The Kier molecular flexibility index (Phi) is 6.53. The number of carbonyl (C=O) groups is 1. The molecule has 1 N–H and O–H groups in total. The van der Waals surface area contributed by atoms with Crippen molar-refractivity contribution in [2.45, 2.75) is 42.5 Å². The van der Waals surface area contributed by atoms with Crippen LogP contribution in [-0.4, -0.2) is 55.5 Å². The summed E-state index contributed by atoms with van der Waals surface area (Å²) in [6.45, 7) is 6.08. The van der Waals surface area contributed by atoms with Gasteiger partial charge < -0.3 is 5.32 Å². The number of hydrogen-bond acceptors (Lipinski definition) is 5. The number of benzene rings is 2. The summed E-state index contributed by atoms with van der Waals surface area (Å²) >= 11 is 1.59. The third kappa shape index (κ3) is 4.85. The summed E-state index contributed by atoms with van der Waals surface area (Å²) in [6, 6.07) is 13.8. The zero-order valence-corrected chi connectivity index (χ0v) is 20.6. The second kappa shape index (κ2) is 9.41. The maximum Gasteiger partial charge on any atom is 0.243 e. The summed E-state index contributed by atoms with van der Waals surface area (Å²) in [7, 11) is -3.58. The predicted molar refractivity (Wildman–Crippen MR) is 132 cm³/mol. The molecule has 1 unspecified atom stereocenters. The Hall–Kier alpha value is -1.87. The number of amides is 1. The summed E-state index contributed by atoms with van der Waals surface area (Å²) in [4.78, 5) is 15.9. The fourth-order valence-corrected chi connectivity index (χ4v) is 7.50. The van der Waals surface area contributed by atoms with Crippen LogP contribution >= 0.6 is 11.8 Å². The van der Waals surface area contributed by atoms with Gasteiger partial charge in [0.2, 0.25) is 15.9 Å². The summed E-state index contributed by atoms with van der Waals surface area (Å²) in [6.07, 6.45) is 2.86. The van der Waals surface area contributed by atoms with Crippen molar-refractivity contribution in [1.29, 1.82) is 0 Å². The second-order valence-corrected chi connectivity index (χ2v) is 12.5. The first-order chi connectivity index (χ1) is 15.9. The quantitative estimate of drug-likeness (QED) is 0.713. The third-order valence-electron chi connectivity index (χ3n) is 7.08. The van der Waals surface area contributed by atoms with Crippen molar-refractivity contribution >= 4 is 33.4 Å². The molecule has 2 aromatic carbocycles. The average molecular weight is 486 g/mol. The van der Waals surface area contributed by atoms with Gasteiger partial charge in [-0.15, -0.1) is 11.8 Å². The molecule has 0 bridgehead atoms. The maximum absolute atomic E-state index is 13.3. The number of thioether (sulfide) groups is 1. The topological polar surface area (TPSA) is 69.7 Å². The normalized spacial score (nSPS) is 22.8. The molecule has 1 amide bonds. The summed E-state index contributed by atoms with van der Waals surface area (Å²) in [5.41, 5.74) is 3.49. The van der Waals surface area contributed by atoms with Crippen molar-refractivity contribution in [3.05, 3.63) is 53.6 Å². The molecule has 5 rings (SSSR count). The Morgan fingerprint density at radius 2 is 1.82 bits per heavy atom. The number of fused-ring (bicyclic) bond motifs is 2. The van der Waals surface area contributed by atoms with E-state index in [1.165, 1.54) is 11.1 Å². The van der Waals surface area contributed by atoms with Crippen LogP contribution in [0.2, 0.25) is 0 Å². The summed E-state index contributed by atoms with van der Waals surface area (Å²) in [5.74, 6) is 1.05. The van der Waals surface area contributed by atoms with Crippen LogP contribution in [-0.2, 0) is 27.8 Å². The lowest BCUT2D eigenvalue weighted by molar-refractivity contribution is -0.118. The summed E-state index contributed by atoms with van der Waals surface area (Å²) in [5, 5.41) is 2.90. The molecule has 0 aliphatic carbocycles. The maximum atomic E-state index is 13.3. The van der Waals surface area contributed by atoms with E-state index in [0.717, 1.165) is 43.8 Å². The van der Waals surface area contributed by atoms with E-state index in [2.05, 4.69) is 34.5 Å². The van der Waals surface area contributed by atoms with Gasteiger partial charge in [0.05, 0.1) is 10.6 Å². The van der Waals surface area contributed by atoms with Crippen LogP contribution in [0.15, 0.2) is 52.3 Å². The standard InChI is InChI=1S/C25H31N3O3S2/c1-18-17-32-24-7-6-22(14-23(24)26-25(18)29)33(30,31)28-12-8-19(9-13-28)15-27-11-10-20-4-2-3-5-21(20)16-27/h2-7,14,18-19H,8-13,15-17H2,1H3,(H,26,29). The van der Waals surface area contributed by atoms with Crippen molar-refractivity contribution in [3.8, 4) is 0 Å². The summed E-state index contributed by atoms with van der Waals surface area (Å²) < 4.78 is 28.3. The van der Waals surface area contributed by atoms with E-state index in [9.17, 15) is 13.2 Å². The first kappa shape index (κ1) is 22.9. The lowest BCUT2D eigenvalue weighted by atomic mass is 9.94. The zero-order chi connectivity index (χ0) is 23.0. The smallest absolute Gasteiger partial charge is 0.243 e. The Morgan fingerprint density at radius 1 is 1.06 bits per heavy atom. The molecule has 8 heteroatoms. The van der Waals surface area contributed by atoms with Gasteiger partial charge in [-0.3, -0.25) is 9.69 Å². The fourth-order valence-electron chi connectivity index (χ4n) is 5.00. The Bertz CT molecular complexity index is 1140. The number of rotatable bonds is 4. The minimum Gasteiger partial charge on any atom is -0.325 e. The van der Waals surface area contributed by atoms with Crippen LogP contribution in [0.4, 0.5) is 5.69 Å². The van der Waals surface area contributed by atoms with Gasteiger partial charge in [0, 0.05) is 49.3 Å². The van der Waals surface area contributed by atoms with Crippen molar-refractivity contribution < 1.29 is 13.2 Å². The van der Waals surface area contributed by atoms with Crippen molar-refractivity contribution in [3.63, 3.8) is 0 Å². The number of anilines is 1. The van der Waals surface area contributed by atoms with Crippen LogP contribution in [0.25, 0.3) is 0 Å². The van der Waals surface area contributed by atoms with E-state index in [0.29, 0.717) is 30.4 Å². The van der Waals surface area contributed by atoms with Crippen molar-refractivity contribution in [1.82, 2.24) is 9.21 Å².